The number of rotatable bonds is 4. The van der Waals surface area contributed by atoms with Gasteiger partial charge in [-0.25, -0.2) is 0 Å². The molecule has 0 saturated carbocycles. The van der Waals surface area contributed by atoms with E-state index in [-0.39, 0.29) is 5.92 Å². The predicted molar refractivity (Wildman–Crippen MR) is 80.6 cm³/mol. The molecule has 0 amide bonds. The molecule has 2 heterocycles. The van der Waals surface area contributed by atoms with Crippen molar-refractivity contribution < 1.29 is 4.52 Å². The van der Waals surface area contributed by atoms with Crippen LogP contribution in [0.4, 0.5) is 0 Å². The van der Waals surface area contributed by atoms with Crippen molar-refractivity contribution in [2.24, 2.45) is 5.73 Å². The second-order valence-electron chi connectivity index (χ2n) is 6.21. The van der Waals surface area contributed by atoms with Crippen molar-refractivity contribution in [3.8, 4) is 0 Å². The Bertz CT molecular complexity index is 595. The molecule has 0 aliphatic carbocycles. The first-order valence-electron chi connectivity index (χ1n) is 7.46. The highest BCUT2D eigenvalue weighted by atomic mass is 16.5. The van der Waals surface area contributed by atoms with Crippen LogP contribution in [0.1, 0.15) is 43.5 Å². The highest BCUT2D eigenvalue weighted by molar-refractivity contribution is 5.16. The van der Waals surface area contributed by atoms with E-state index in [0.29, 0.717) is 11.7 Å². The Balaban J connectivity index is 1.69. The number of nitrogens with two attached hydrogens (primary N) is 1. The Morgan fingerprint density at radius 3 is 2.76 bits per heavy atom. The monoisotopic (exact) mass is 286 g/mol. The largest absolute Gasteiger partial charge is 0.339 e. The molecule has 5 nitrogen and oxygen atoms in total. The summed E-state index contributed by atoms with van der Waals surface area (Å²) < 4.78 is 5.30. The van der Waals surface area contributed by atoms with Gasteiger partial charge in [-0.15, -0.1) is 0 Å². The third-order valence-electron chi connectivity index (χ3n) is 4.01. The van der Waals surface area contributed by atoms with Crippen LogP contribution in [0.2, 0.25) is 0 Å². The van der Waals surface area contributed by atoms with Gasteiger partial charge in [-0.2, -0.15) is 4.98 Å². The normalized spacial score (nSPS) is 23.0. The number of hydrogen-bond acceptors (Lipinski definition) is 5. The summed E-state index contributed by atoms with van der Waals surface area (Å²) in [7, 11) is 0. The molecule has 1 saturated heterocycles. The minimum atomic E-state index is -0.495. The van der Waals surface area contributed by atoms with Crippen LogP contribution in [-0.4, -0.2) is 28.1 Å². The molecule has 1 unspecified atom stereocenters. The predicted octanol–water partition coefficient (Wildman–Crippen LogP) is 2.25. The highest BCUT2D eigenvalue weighted by Gasteiger charge is 2.40. The van der Waals surface area contributed by atoms with E-state index < -0.39 is 5.54 Å². The van der Waals surface area contributed by atoms with Crippen LogP contribution in [0.3, 0.4) is 0 Å². The molecule has 2 N–H and O–H groups in total. The lowest BCUT2D eigenvalue weighted by atomic mass is 9.99. The summed E-state index contributed by atoms with van der Waals surface area (Å²) in [5.41, 5.74) is 7.32. The van der Waals surface area contributed by atoms with Gasteiger partial charge in [-0.05, 0) is 12.0 Å². The lowest BCUT2D eigenvalue weighted by molar-refractivity contribution is 0.293. The summed E-state index contributed by atoms with van der Waals surface area (Å²) in [6.07, 6.45) is 0.858. The van der Waals surface area contributed by atoms with Crippen LogP contribution in [0.15, 0.2) is 34.9 Å². The van der Waals surface area contributed by atoms with Crippen LogP contribution in [-0.2, 0) is 12.1 Å². The SMILES string of the molecule is CC(C)c1nc(C2(N)CCN(Cc3ccccc3)C2)no1. The molecule has 1 aliphatic rings. The molecule has 21 heavy (non-hydrogen) atoms. The molecule has 2 aromatic rings. The van der Waals surface area contributed by atoms with E-state index in [1.807, 2.05) is 19.9 Å². The van der Waals surface area contributed by atoms with Gasteiger partial charge in [0.05, 0.1) is 5.54 Å². The summed E-state index contributed by atoms with van der Waals surface area (Å²) in [4.78, 5) is 6.82. The first-order valence-corrected chi connectivity index (χ1v) is 7.46. The summed E-state index contributed by atoms with van der Waals surface area (Å²) in [5, 5.41) is 4.09. The average Bonchev–Trinajstić information content (AvgIpc) is 3.08. The Labute approximate surface area is 125 Å². The number of benzene rings is 1. The van der Waals surface area contributed by atoms with E-state index >= 15 is 0 Å². The molecule has 1 atom stereocenters. The van der Waals surface area contributed by atoms with Gasteiger partial charge in [-0.3, -0.25) is 4.90 Å². The molecule has 1 aliphatic heterocycles. The zero-order chi connectivity index (χ0) is 14.9. The Morgan fingerprint density at radius 2 is 2.10 bits per heavy atom. The lowest BCUT2D eigenvalue weighted by Gasteiger charge is -2.21. The van der Waals surface area contributed by atoms with Crippen LogP contribution in [0.25, 0.3) is 0 Å². The smallest absolute Gasteiger partial charge is 0.229 e. The van der Waals surface area contributed by atoms with Crippen molar-refractivity contribution in [2.45, 2.75) is 38.3 Å². The molecule has 1 fully saturated rings. The summed E-state index contributed by atoms with van der Waals surface area (Å²) >= 11 is 0. The standard InChI is InChI=1S/C16H22N4O/c1-12(2)14-18-15(19-21-14)16(17)8-9-20(11-16)10-13-6-4-3-5-7-13/h3-7,12H,8-11,17H2,1-2H3. The maximum absolute atomic E-state index is 6.51. The molecular formula is C16H22N4O. The maximum Gasteiger partial charge on any atom is 0.229 e. The zero-order valence-electron chi connectivity index (χ0n) is 12.6. The number of aromatic nitrogens is 2. The quantitative estimate of drug-likeness (QED) is 0.933. The average molecular weight is 286 g/mol. The fourth-order valence-electron chi connectivity index (χ4n) is 2.75. The van der Waals surface area contributed by atoms with E-state index in [9.17, 15) is 0 Å². The second-order valence-corrected chi connectivity index (χ2v) is 6.21. The molecule has 0 spiro atoms. The summed E-state index contributed by atoms with van der Waals surface area (Å²) in [5.74, 6) is 1.54. The van der Waals surface area contributed by atoms with E-state index in [2.05, 4.69) is 39.3 Å². The fourth-order valence-corrected chi connectivity index (χ4v) is 2.75. The molecule has 112 valence electrons. The second kappa shape index (κ2) is 5.58. The van der Waals surface area contributed by atoms with Crippen molar-refractivity contribution in [3.63, 3.8) is 0 Å². The van der Waals surface area contributed by atoms with Crippen molar-refractivity contribution in [1.29, 1.82) is 0 Å². The molecule has 0 bridgehead atoms. The van der Waals surface area contributed by atoms with E-state index in [1.54, 1.807) is 0 Å². The Morgan fingerprint density at radius 1 is 1.33 bits per heavy atom. The van der Waals surface area contributed by atoms with Crippen molar-refractivity contribution in [2.75, 3.05) is 13.1 Å². The molecule has 3 rings (SSSR count). The lowest BCUT2D eigenvalue weighted by Crippen LogP contribution is -2.40. The summed E-state index contributed by atoms with van der Waals surface area (Å²) in [6, 6.07) is 10.4. The topological polar surface area (TPSA) is 68.2 Å². The molecular weight excluding hydrogens is 264 g/mol. The van der Waals surface area contributed by atoms with Crippen LogP contribution < -0.4 is 5.73 Å². The van der Waals surface area contributed by atoms with Gasteiger partial charge in [0.1, 0.15) is 0 Å². The van der Waals surface area contributed by atoms with E-state index in [4.69, 9.17) is 10.3 Å². The van der Waals surface area contributed by atoms with Crippen LogP contribution in [0, 0.1) is 0 Å². The maximum atomic E-state index is 6.51. The van der Waals surface area contributed by atoms with Crippen molar-refractivity contribution >= 4 is 0 Å². The van der Waals surface area contributed by atoms with Gasteiger partial charge >= 0.3 is 0 Å². The van der Waals surface area contributed by atoms with E-state index in [0.717, 1.165) is 26.1 Å². The first-order chi connectivity index (χ1) is 10.1. The molecule has 5 heteroatoms. The van der Waals surface area contributed by atoms with Gasteiger partial charge in [-0.1, -0.05) is 49.3 Å². The fraction of sp³-hybridized carbons (Fsp3) is 0.500. The Kier molecular flexibility index (Phi) is 3.78. The van der Waals surface area contributed by atoms with Crippen molar-refractivity contribution in [3.05, 3.63) is 47.6 Å². The Hall–Kier alpha value is -1.72. The number of nitrogens with zero attached hydrogens (tertiary/aromatic N) is 3. The number of hydrogen-bond donors (Lipinski definition) is 1. The van der Waals surface area contributed by atoms with Gasteiger partial charge in [0.25, 0.3) is 0 Å². The minimum absolute atomic E-state index is 0.233. The zero-order valence-corrected chi connectivity index (χ0v) is 12.6. The third kappa shape index (κ3) is 2.99. The highest BCUT2D eigenvalue weighted by Crippen LogP contribution is 2.29. The van der Waals surface area contributed by atoms with Crippen LogP contribution >= 0.6 is 0 Å². The van der Waals surface area contributed by atoms with Crippen LogP contribution in [0.5, 0.6) is 0 Å². The van der Waals surface area contributed by atoms with E-state index in [1.165, 1.54) is 5.56 Å². The minimum Gasteiger partial charge on any atom is -0.339 e. The molecule has 0 radical (unpaired) electrons. The van der Waals surface area contributed by atoms with Gasteiger partial charge in [0.2, 0.25) is 5.89 Å². The number of likely N-dealkylation sites (tertiary alicyclic amines) is 1. The van der Waals surface area contributed by atoms with Crippen molar-refractivity contribution in [1.82, 2.24) is 15.0 Å². The third-order valence-corrected chi connectivity index (χ3v) is 4.01. The van der Waals surface area contributed by atoms with Gasteiger partial charge < -0.3 is 10.3 Å². The first kappa shape index (κ1) is 14.2. The molecule has 1 aromatic carbocycles. The molecule has 1 aromatic heterocycles. The van der Waals surface area contributed by atoms with Gasteiger partial charge in [0.15, 0.2) is 5.82 Å². The summed E-state index contributed by atoms with van der Waals surface area (Å²) in [6.45, 7) is 6.71. The van der Waals surface area contributed by atoms with Gasteiger partial charge in [0, 0.05) is 25.6 Å².